The van der Waals surface area contributed by atoms with Gasteiger partial charge in [0.25, 0.3) is 0 Å². The number of nitrogens with one attached hydrogen (secondary N) is 1. The molecule has 0 bridgehead atoms. The molecule has 5 nitrogen and oxygen atoms in total. The Bertz CT molecular complexity index is 877. The molecule has 0 saturated heterocycles. The van der Waals surface area contributed by atoms with Crippen LogP contribution in [0.3, 0.4) is 0 Å². The Labute approximate surface area is 178 Å². The van der Waals surface area contributed by atoms with E-state index in [4.69, 9.17) is 4.74 Å². The molecule has 0 aliphatic heterocycles. The molecule has 1 atom stereocenters. The third kappa shape index (κ3) is 7.50. The van der Waals surface area contributed by atoms with Crippen molar-refractivity contribution in [3.05, 3.63) is 71.0 Å². The predicted molar refractivity (Wildman–Crippen MR) is 116 cm³/mol. The molecule has 0 aliphatic rings. The molecule has 2 aromatic carbocycles. The van der Waals surface area contributed by atoms with E-state index < -0.39 is 17.7 Å². The molecule has 6 heteroatoms. The summed E-state index contributed by atoms with van der Waals surface area (Å²) >= 11 is 0. The summed E-state index contributed by atoms with van der Waals surface area (Å²) in [6.45, 7) is 7.75. The second-order valence-electron chi connectivity index (χ2n) is 8.52. The molecule has 2 amide bonds. The number of rotatable bonds is 7. The third-order valence-electron chi connectivity index (χ3n) is 4.66. The van der Waals surface area contributed by atoms with Crippen molar-refractivity contribution in [1.29, 1.82) is 0 Å². The molecule has 0 fully saturated rings. The molecule has 0 radical (unpaired) electrons. The van der Waals surface area contributed by atoms with Gasteiger partial charge < -0.3 is 15.0 Å². The normalized spacial score (nSPS) is 12.2. The minimum absolute atomic E-state index is 0.0377. The number of halogens is 1. The maximum absolute atomic E-state index is 14.1. The fraction of sp³-hybridized carbons (Fsp3) is 0.417. The quantitative estimate of drug-likeness (QED) is 0.719. The Hall–Kier alpha value is -2.89. The molecule has 0 aromatic heterocycles. The molecule has 2 aromatic rings. The van der Waals surface area contributed by atoms with Gasteiger partial charge >= 0.3 is 6.09 Å². The van der Waals surface area contributed by atoms with Crippen molar-refractivity contribution in [1.82, 2.24) is 10.2 Å². The Morgan fingerprint density at radius 3 is 2.27 bits per heavy atom. The average Bonchev–Trinajstić information content (AvgIpc) is 2.63. The van der Waals surface area contributed by atoms with Crippen LogP contribution in [0, 0.1) is 12.7 Å². The highest BCUT2D eigenvalue weighted by Gasteiger charge is 2.24. The number of hydrogen-bond acceptors (Lipinski definition) is 3. The first kappa shape index (κ1) is 23.4. The van der Waals surface area contributed by atoms with E-state index in [1.165, 1.54) is 6.07 Å². The minimum Gasteiger partial charge on any atom is -0.444 e. The lowest BCUT2D eigenvalue weighted by Crippen LogP contribution is -2.43. The molecule has 30 heavy (non-hydrogen) atoms. The molecular formula is C24H31FN2O3. The van der Waals surface area contributed by atoms with Crippen LogP contribution in [0.2, 0.25) is 0 Å². The van der Waals surface area contributed by atoms with E-state index in [-0.39, 0.29) is 24.6 Å². The van der Waals surface area contributed by atoms with E-state index in [1.54, 1.807) is 50.9 Å². The zero-order chi connectivity index (χ0) is 22.3. The van der Waals surface area contributed by atoms with Gasteiger partial charge in [-0.3, -0.25) is 4.79 Å². The van der Waals surface area contributed by atoms with Crippen LogP contribution in [0.15, 0.2) is 48.5 Å². The first-order valence-electron chi connectivity index (χ1n) is 10.1. The number of ether oxygens (including phenoxy) is 1. The molecule has 1 unspecified atom stereocenters. The summed E-state index contributed by atoms with van der Waals surface area (Å²) in [6, 6.07) is 13.6. The standard InChI is InChI=1S/C24H31FN2O3/c1-17-10-6-7-12-19(17)16-27(5)22(28)15-20(26-23(29)30-24(2,3)4)14-18-11-8-9-13-21(18)25/h6-13,20H,14-16H2,1-5H3,(H,26,29). The summed E-state index contributed by atoms with van der Waals surface area (Å²) in [7, 11) is 1.72. The number of alkyl carbamates (subject to hydrolysis) is 1. The first-order chi connectivity index (χ1) is 14.0. The largest absolute Gasteiger partial charge is 0.444 e. The van der Waals surface area contributed by atoms with E-state index >= 15 is 0 Å². The Morgan fingerprint density at radius 2 is 1.67 bits per heavy atom. The maximum atomic E-state index is 14.1. The van der Waals surface area contributed by atoms with Crippen LogP contribution in [0.1, 0.15) is 43.9 Å². The number of aryl methyl sites for hydroxylation is 1. The number of benzene rings is 2. The Morgan fingerprint density at radius 1 is 1.07 bits per heavy atom. The molecule has 1 N–H and O–H groups in total. The van der Waals surface area contributed by atoms with E-state index in [2.05, 4.69) is 5.32 Å². The molecule has 0 aliphatic carbocycles. The molecule has 2 rings (SSSR count). The topological polar surface area (TPSA) is 58.6 Å². The smallest absolute Gasteiger partial charge is 0.407 e. The van der Waals surface area contributed by atoms with Gasteiger partial charge in [-0.15, -0.1) is 0 Å². The van der Waals surface area contributed by atoms with Gasteiger partial charge in [0.05, 0.1) is 0 Å². The van der Waals surface area contributed by atoms with Crippen LogP contribution in [-0.2, 0) is 22.5 Å². The monoisotopic (exact) mass is 414 g/mol. The van der Waals surface area contributed by atoms with Gasteiger partial charge in [0, 0.05) is 26.1 Å². The lowest BCUT2D eigenvalue weighted by atomic mass is 10.0. The number of hydrogen-bond donors (Lipinski definition) is 1. The average molecular weight is 415 g/mol. The van der Waals surface area contributed by atoms with Gasteiger partial charge in [-0.25, -0.2) is 9.18 Å². The van der Waals surface area contributed by atoms with Gasteiger partial charge in [-0.05, 0) is 56.9 Å². The van der Waals surface area contributed by atoms with Crippen molar-refractivity contribution < 1.29 is 18.7 Å². The first-order valence-corrected chi connectivity index (χ1v) is 10.1. The fourth-order valence-electron chi connectivity index (χ4n) is 3.08. The molecule has 0 saturated carbocycles. The lowest BCUT2D eigenvalue weighted by Gasteiger charge is -2.25. The van der Waals surface area contributed by atoms with E-state index in [0.717, 1.165) is 11.1 Å². The summed E-state index contributed by atoms with van der Waals surface area (Å²) in [6.07, 6.45) is -0.399. The zero-order valence-corrected chi connectivity index (χ0v) is 18.4. The SMILES string of the molecule is Cc1ccccc1CN(C)C(=O)CC(Cc1ccccc1F)NC(=O)OC(C)(C)C. The van der Waals surface area contributed by atoms with Crippen LogP contribution in [0.4, 0.5) is 9.18 Å². The van der Waals surface area contributed by atoms with Gasteiger partial charge in [0.1, 0.15) is 11.4 Å². The van der Waals surface area contributed by atoms with Gasteiger partial charge in [-0.2, -0.15) is 0 Å². The molecule has 0 heterocycles. The van der Waals surface area contributed by atoms with Crippen LogP contribution in [0.25, 0.3) is 0 Å². The second kappa shape index (κ2) is 10.2. The van der Waals surface area contributed by atoms with E-state index in [0.29, 0.717) is 12.1 Å². The van der Waals surface area contributed by atoms with Crippen LogP contribution in [-0.4, -0.2) is 35.6 Å². The van der Waals surface area contributed by atoms with Crippen molar-refractivity contribution in [2.45, 2.75) is 58.7 Å². The fourth-order valence-corrected chi connectivity index (χ4v) is 3.08. The summed E-state index contributed by atoms with van der Waals surface area (Å²) in [5.41, 5.74) is 1.93. The Kier molecular flexibility index (Phi) is 7.98. The highest BCUT2D eigenvalue weighted by Crippen LogP contribution is 2.15. The summed E-state index contributed by atoms with van der Waals surface area (Å²) in [5.74, 6) is -0.509. The molecule has 162 valence electrons. The van der Waals surface area contributed by atoms with Gasteiger partial charge in [-0.1, -0.05) is 42.5 Å². The summed E-state index contributed by atoms with van der Waals surface area (Å²) in [5, 5.41) is 2.73. The van der Waals surface area contributed by atoms with Gasteiger partial charge in [0.15, 0.2) is 0 Å². The maximum Gasteiger partial charge on any atom is 0.407 e. The van der Waals surface area contributed by atoms with Gasteiger partial charge in [0.2, 0.25) is 5.91 Å². The number of carbonyl (C=O) groups excluding carboxylic acids is 2. The van der Waals surface area contributed by atoms with E-state index in [9.17, 15) is 14.0 Å². The highest BCUT2D eigenvalue weighted by atomic mass is 19.1. The third-order valence-corrected chi connectivity index (χ3v) is 4.66. The lowest BCUT2D eigenvalue weighted by molar-refractivity contribution is -0.130. The zero-order valence-electron chi connectivity index (χ0n) is 18.4. The van der Waals surface area contributed by atoms with Crippen molar-refractivity contribution in [3.8, 4) is 0 Å². The van der Waals surface area contributed by atoms with Crippen molar-refractivity contribution in [2.75, 3.05) is 7.05 Å². The van der Waals surface area contributed by atoms with Crippen molar-refractivity contribution in [2.24, 2.45) is 0 Å². The summed E-state index contributed by atoms with van der Waals surface area (Å²) < 4.78 is 19.5. The van der Waals surface area contributed by atoms with Crippen LogP contribution < -0.4 is 5.32 Å². The predicted octanol–water partition coefficient (Wildman–Crippen LogP) is 4.62. The van der Waals surface area contributed by atoms with Crippen LogP contribution >= 0.6 is 0 Å². The highest BCUT2D eigenvalue weighted by molar-refractivity contribution is 5.77. The number of nitrogens with zero attached hydrogens (tertiary/aromatic N) is 1. The second-order valence-corrected chi connectivity index (χ2v) is 8.52. The summed E-state index contributed by atoms with van der Waals surface area (Å²) in [4.78, 5) is 26.7. The minimum atomic E-state index is -0.668. The van der Waals surface area contributed by atoms with Crippen molar-refractivity contribution >= 4 is 12.0 Å². The Balaban J connectivity index is 2.10. The number of amides is 2. The van der Waals surface area contributed by atoms with Crippen LogP contribution in [0.5, 0.6) is 0 Å². The van der Waals surface area contributed by atoms with E-state index in [1.807, 2.05) is 31.2 Å². The molecular weight excluding hydrogens is 383 g/mol. The molecule has 0 spiro atoms. The number of carbonyl (C=O) groups is 2. The van der Waals surface area contributed by atoms with Crippen molar-refractivity contribution in [3.63, 3.8) is 0 Å².